The van der Waals surface area contributed by atoms with E-state index >= 15 is 0 Å². The summed E-state index contributed by atoms with van der Waals surface area (Å²) >= 11 is 0. The van der Waals surface area contributed by atoms with Crippen molar-refractivity contribution in [1.82, 2.24) is 15.3 Å². The molecule has 0 saturated carbocycles. The normalized spacial score (nSPS) is 12.2. The largest absolute Gasteiger partial charge is 0.382 e. The minimum Gasteiger partial charge on any atom is -0.382 e. The van der Waals surface area contributed by atoms with Crippen molar-refractivity contribution in [2.24, 2.45) is 0 Å². The Bertz CT molecular complexity index is 506. The second-order valence-electron chi connectivity index (χ2n) is 5.06. The third-order valence-corrected chi connectivity index (χ3v) is 3.66. The first kappa shape index (κ1) is 17.6. The molecule has 0 aromatic carbocycles. The van der Waals surface area contributed by atoms with Crippen LogP contribution in [0.25, 0.3) is 0 Å². The van der Waals surface area contributed by atoms with Crippen molar-refractivity contribution in [2.75, 3.05) is 30.4 Å². The second-order valence-corrected chi connectivity index (χ2v) is 6.62. The molecule has 6 nitrogen and oxygen atoms in total. The van der Waals surface area contributed by atoms with E-state index in [1.54, 1.807) is 12.5 Å². The summed E-state index contributed by atoms with van der Waals surface area (Å²) in [4.78, 5) is 20.9. The smallest absolute Gasteiger partial charge is 0.272 e. The van der Waals surface area contributed by atoms with Gasteiger partial charge in [-0.05, 0) is 13.3 Å². The number of aromatic nitrogens is 2. The van der Waals surface area contributed by atoms with Crippen molar-refractivity contribution in [1.29, 1.82) is 0 Å². The molecule has 1 amide bonds. The van der Waals surface area contributed by atoms with Gasteiger partial charge in [-0.2, -0.15) is 0 Å². The lowest BCUT2D eigenvalue weighted by Gasteiger charge is -2.12. The van der Waals surface area contributed by atoms with Crippen molar-refractivity contribution in [2.45, 2.75) is 33.1 Å². The number of amides is 1. The Labute approximate surface area is 128 Å². The Kier molecular flexibility index (Phi) is 7.28. The Balaban J connectivity index is 2.79. The van der Waals surface area contributed by atoms with Crippen LogP contribution in [0.15, 0.2) is 6.20 Å². The van der Waals surface area contributed by atoms with Crippen LogP contribution in [0.2, 0.25) is 0 Å². The maximum absolute atomic E-state index is 12.2. The van der Waals surface area contributed by atoms with Gasteiger partial charge in [0.25, 0.3) is 5.91 Å². The lowest BCUT2D eigenvalue weighted by atomic mass is 10.2. The standard InChI is InChI=1S/C14H24N4O2S/c1-5-15-11-9-17-13(10(2)3)18-12(11)14(19)16-7-6-8-21(4)20/h9-10,15H,5-8H2,1-4H3,(H,16,19). The van der Waals surface area contributed by atoms with Crippen LogP contribution in [0, 0.1) is 0 Å². The zero-order valence-electron chi connectivity index (χ0n) is 13.1. The Morgan fingerprint density at radius 2 is 2.14 bits per heavy atom. The summed E-state index contributed by atoms with van der Waals surface area (Å²) < 4.78 is 11.0. The van der Waals surface area contributed by atoms with Gasteiger partial charge in [-0.15, -0.1) is 0 Å². The molecule has 21 heavy (non-hydrogen) atoms. The number of hydrogen-bond donors (Lipinski definition) is 2. The third kappa shape index (κ3) is 5.79. The molecule has 1 aromatic heterocycles. The molecule has 1 rings (SSSR count). The van der Waals surface area contributed by atoms with E-state index in [0.29, 0.717) is 42.5 Å². The highest BCUT2D eigenvalue weighted by atomic mass is 32.2. The molecule has 0 spiro atoms. The summed E-state index contributed by atoms with van der Waals surface area (Å²) in [5.74, 6) is 1.17. The van der Waals surface area contributed by atoms with E-state index in [-0.39, 0.29) is 11.8 Å². The van der Waals surface area contributed by atoms with Gasteiger partial charge in [0, 0.05) is 41.8 Å². The average molecular weight is 312 g/mol. The highest BCUT2D eigenvalue weighted by Gasteiger charge is 2.15. The first-order valence-corrected chi connectivity index (χ1v) is 8.87. The van der Waals surface area contributed by atoms with Crippen molar-refractivity contribution in [3.63, 3.8) is 0 Å². The van der Waals surface area contributed by atoms with Crippen molar-refractivity contribution in [3.05, 3.63) is 17.7 Å². The van der Waals surface area contributed by atoms with Crippen LogP contribution < -0.4 is 10.6 Å². The molecule has 118 valence electrons. The number of carbonyl (C=O) groups is 1. The highest BCUT2D eigenvalue weighted by molar-refractivity contribution is 7.84. The second kappa shape index (κ2) is 8.71. The summed E-state index contributed by atoms with van der Waals surface area (Å²) in [6, 6.07) is 0. The number of rotatable bonds is 8. The Hall–Kier alpha value is -1.50. The van der Waals surface area contributed by atoms with Crippen molar-refractivity contribution < 1.29 is 9.00 Å². The van der Waals surface area contributed by atoms with Gasteiger partial charge in [0.05, 0.1) is 11.9 Å². The molecule has 1 heterocycles. The maximum Gasteiger partial charge on any atom is 0.272 e. The maximum atomic E-state index is 12.2. The predicted octanol–water partition coefficient (Wildman–Crippen LogP) is 1.53. The molecule has 2 N–H and O–H groups in total. The van der Waals surface area contributed by atoms with E-state index in [1.165, 1.54) is 0 Å². The molecular formula is C14H24N4O2S. The molecule has 0 aliphatic rings. The van der Waals surface area contributed by atoms with Crippen LogP contribution in [0.1, 0.15) is 49.4 Å². The Morgan fingerprint density at radius 1 is 1.43 bits per heavy atom. The van der Waals surface area contributed by atoms with Crippen LogP contribution in [0.5, 0.6) is 0 Å². The third-order valence-electron chi connectivity index (χ3n) is 2.80. The van der Waals surface area contributed by atoms with Crippen LogP contribution in [0.4, 0.5) is 5.69 Å². The number of anilines is 1. The molecule has 0 radical (unpaired) electrons. The lowest BCUT2D eigenvalue weighted by Crippen LogP contribution is -2.28. The molecule has 0 fully saturated rings. The fourth-order valence-electron chi connectivity index (χ4n) is 1.73. The van der Waals surface area contributed by atoms with Crippen LogP contribution in [-0.4, -0.2) is 45.2 Å². The molecule has 1 atom stereocenters. The molecule has 0 saturated heterocycles. The first-order chi connectivity index (χ1) is 9.95. The quantitative estimate of drug-likeness (QED) is 0.711. The van der Waals surface area contributed by atoms with E-state index in [1.807, 2.05) is 20.8 Å². The zero-order chi connectivity index (χ0) is 15.8. The van der Waals surface area contributed by atoms with E-state index in [9.17, 15) is 9.00 Å². The fraction of sp³-hybridized carbons (Fsp3) is 0.643. The van der Waals surface area contributed by atoms with Gasteiger partial charge in [-0.1, -0.05) is 13.8 Å². The van der Waals surface area contributed by atoms with Crippen LogP contribution >= 0.6 is 0 Å². The average Bonchev–Trinajstić information content (AvgIpc) is 2.43. The van der Waals surface area contributed by atoms with E-state index in [0.717, 1.165) is 0 Å². The number of nitrogens with one attached hydrogen (secondary N) is 2. The number of nitrogens with zero attached hydrogens (tertiary/aromatic N) is 2. The molecule has 1 unspecified atom stereocenters. The summed E-state index contributed by atoms with van der Waals surface area (Å²) in [5, 5.41) is 5.91. The molecular weight excluding hydrogens is 288 g/mol. The first-order valence-electron chi connectivity index (χ1n) is 7.14. The predicted molar refractivity (Wildman–Crippen MR) is 86.2 cm³/mol. The van der Waals surface area contributed by atoms with Crippen molar-refractivity contribution in [3.8, 4) is 0 Å². The zero-order valence-corrected chi connectivity index (χ0v) is 13.9. The minimum atomic E-state index is -0.831. The molecule has 0 bridgehead atoms. The van der Waals surface area contributed by atoms with Crippen molar-refractivity contribution >= 4 is 22.4 Å². The van der Waals surface area contributed by atoms with Gasteiger partial charge in [-0.3, -0.25) is 9.00 Å². The van der Waals surface area contributed by atoms with E-state index < -0.39 is 10.8 Å². The van der Waals surface area contributed by atoms with Gasteiger partial charge in [0.15, 0.2) is 5.69 Å². The SMILES string of the molecule is CCNc1cnc(C(C)C)nc1C(=O)NCCCS(C)=O. The van der Waals surface area contributed by atoms with Gasteiger partial charge in [0.2, 0.25) is 0 Å². The van der Waals surface area contributed by atoms with Gasteiger partial charge < -0.3 is 10.6 Å². The highest BCUT2D eigenvalue weighted by Crippen LogP contribution is 2.16. The summed E-state index contributed by atoms with van der Waals surface area (Å²) in [6.07, 6.45) is 4.00. The van der Waals surface area contributed by atoms with Crippen LogP contribution in [0.3, 0.4) is 0 Å². The Morgan fingerprint density at radius 3 is 2.71 bits per heavy atom. The number of carbonyl (C=O) groups excluding carboxylic acids is 1. The summed E-state index contributed by atoms with van der Waals surface area (Å²) in [7, 11) is -0.831. The summed E-state index contributed by atoms with van der Waals surface area (Å²) in [6.45, 7) is 7.11. The van der Waals surface area contributed by atoms with Gasteiger partial charge in [0.1, 0.15) is 5.82 Å². The molecule has 0 aliphatic carbocycles. The van der Waals surface area contributed by atoms with E-state index in [4.69, 9.17) is 0 Å². The number of hydrogen-bond acceptors (Lipinski definition) is 5. The molecule has 1 aromatic rings. The molecule has 7 heteroatoms. The van der Waals surface area contributed by atoms with Gasteiger partial charge in [-0.25, -0.2) is 9.97 Å². The minimum absolute atomic E-state index is 0.162. The van der Waals surface area contributed by atoms with E-state index in [2.05, 4.69) is 20.6 Å². The molecule has 0 aliphatic heterocycles. The van der Waals surface area contributed by atoms with Gasteiger partial charge >= 0.3 is 0 Å². The fourth-order valence-corrected chi connectivity index (χ4v) is 2.28. The summed E-state index contributed by atoms with van der Waals surface area (Å²) in [5.41, 5.74) is 1.01. The van der Waals surface area contributed by atoms with Crippen LogP contribution in [-0.2, 0) is 10.8 Å². The monoisotopic (exact) mass is 312 g/mol. The topological polar surface area (TPSA) is 84.0 Å². The lowest BCUT2D eigenvalue weighted by molar-refractivity contribution is 0.0949.